The van der Waals surface area contributed by atoms with Crippen molar-refractivity contribution >= 4 is 63.9 Å². The Morgan fingerprint density at radius 2 is 1.49 bits per heavy atom. The molecule has 2 atom stereocenters. The van der Waals surface area contributed by atoms with Gasteiger partial charge in [0.05, 0.1) is 62.9 Å². The Morgan fingerprint density at radius 1 is 0.815 bits per heavy atom. The van der Waals surface area contributed by atoms with Gasteiger partial charge in [-0.25, -0.2) is 0 Å². The van der Waals surface area contributed by atoms with Crippen LogP contribution in [-0.4, -0.2) is 114 Å². The maximum absolute atomic E-state index is 13.5. The molecule has 2 aromatic heterocycles. The highest BCUT2D eigenvalue weighted by Gasteiger charge is 2.46. The van der Waals surface area contributed by atoms with E-state index in [0.717, 1.165) is 38.1 Å². The van der Waals surface area contributed by atoms with Crippen molar-refractivity contribution in [3.63, 3.8) is 0 Å². The summed E-state index contributed by atoms with van der Waals surface area (Å²) in [6.07, 6.45) is 0.158. The van der Waals surface area contributed by atoms with E-state index in [0.29, 0.717) is 61.9 Å². The van der Waals surface area contributed by atoms with Gasteiger partial charge in [-0.15, -0.1) is 21.5 Å². The third-order valence-electron chi connectivity index (χ3n) is 11.0. The molecule has 8 rings (SSSR count). The number of aromatic nitrogens is 3. The van der Waals surface area contributed by atoms with Crippen molar-refractivity contribution in [2.75, 3.05) is 58.2 Å². The van der Waals surface area contributed by atoms with Crippen LogP contribution in [0.5, 0.6) is 11.5 Å². The number of halogens is 1. The predicted molar refractivity (Wildman–Crippen MR) is 240 cm³/mol. The first-order valence-electron chi connectivity index (χ1n) is 21.1. The van der Waals surface area contributed by atoms with E-state index < -0.39 is 35.7 Å². The number of anilines is 1. The van der Waals surface area contributed by atoms with Gasteiger partial charge in [0.15, 0.2) is 5.82 Å². The van der Waals surface area contributed by atoms with Crippen molar-refractivity contribution in [3.8, 4) is 16.5 Å². The number of imide groups is 2. The van der Waals surface area contributed by atoms with Gasteiger partial charge in [0.2, 0.25) is 17.7 Å². The summed E-state index contributed by atoms with van der Waals surface area (Å²) >= 11 is 7.89. The van der Waals surface area contributed by atoms with Crippen molar-refractivity contribution in [2.24, 2.45) is 4.99 Å². The minimum atomic E-state index is -1.05. The first kappa shape index (κ1) is 45.3. The van der Waals surface area contributed by atoms with Gasteiger partial charge in [0, 0.05) is 33.1 Å². The Bertz CT molecular complexity index is 2650. The number of aliphatic imine (C=N–C) groups is 1. The molecule has 3 aliphatic heterocycles. The van der Waals surface area contributed by atoms with Crippen molar-refractivity contribution in [3.05, 3.63) is 116 Å². The minimum Gasteiger partial charge on any atom is -0.491 e. The van der Waals surface area contributed by atoms with Crippen LogP contribution in [0.3, 0.4) is 0 Å². The van der Waals surface area contributed by atoms with Crippen LogP contribution >= 0.6 is 22.9 Å². The minimum absolute atomic E-state index is 0.0390. The van der Waals surface area contributed by atoms with Crippen molar-refractivity contribution < 1.29 is 47.7 Å². The summed E-state index contributed by atoms with van der Waals surface area (Å²) in [5.41, 5.74) is 4.64. The number of nitrogens with zero attached hydrogens (tertiary/aromatic N) is 5. The van der Waals surface area contributed by atoms with Crippen molar-refractivity contribution in [1.82, 2.24) is 25.0 Å². The molecule has 19 heteroatoms. The smallest absolute Gasteiger partial charge is 0.266 e. The number of hydrogen-bond donors (Lipinski definition) is 2. The number of benzene rings is 3. The Balaban J connectivity index is 0.716. The molecule has 1 fully saturated rings. The molecule has 3 aromatic carbocycles. The zero-order valence-electron chi connectivity index (χ0n) is 35.9. The van der Waals surface area contributed by atoms with E-state index in [-0.39, 0.29) is 55.3 Å². The van der Waals surface area contributed by atoms with Gasteiger partial charge < -0.3 is 29.0 Å². The lowest BCUT2D eigenvalue weighted by Crippen LogP contribution is -2.54. The van der Waals surface area contributed by atoms with E-state index in [2.05, 4.69) is 34.7 Å². The van der Waals surface area contributed by atoms with Gasteiger partial charge in [-0.05, 0) is 81.3 Å². The number of rotatable bonds is 19. The molecule has 0 radical (unpaired) electrons. The normalized spacial score (nSPS) is 16.7. The number of piperidine rings is 1. The quantitative estimate of drug-likeness (QED) is 0.0753. The zero-order chi connectivity index (χ0) is 45.6. The van der Waals surface area contributed by atoms with Gasteiger partial charge in [-0.3, -0.25) is 43.7 Å². The van der Waals surface area contributed by atoms with Gasteiger partial charge >= 0.3 is 0 Å². The maximum Gasteiger partial charge on any atom is 0.266 e. The molecule has 5 amide bonds. The molecule has 5 aromatic rings. The van der Waals surface area contributed by atoms with E-state index in [4.69, 9.17) is 40.3 Å². The van der Waals surface area contributed by atoms with Crippen molar-refractivity contribution in [2.45, 2.75) is 52.1 Å². The highest BCUT2D eigenvalue weighted by atomic mass is 35.5. The van der Waals surface area contributed by atoms with Gasteiger partial charge in [0.1, 0.15) is 47.6 Å². The van der Waals surface area contributed by atoms with Crippen LogP contribution in [0.4, 0.5) is 5.69 Å². The molecule has 0 spiro atoms. The van der Waals surface area contributed by atoms with Crippen molar-refractivity contribution in [1.29, 1.82) is 0 Å². The second kappa shape index (κ2) is 20.2. The molecule has 1 unspecified atom stereocenters. The van der Waals surface area contributed by atoms with Crippen LogP contribution in [0.1, 0.15) is 79.2 Å². The Kier molecular flexibility index (Phi) is 14.1. The molecule has 0 bridgehead atoms. The van der Waals surface area contributed by atoms with E-state index in [1.165, 1.54) is 10.9 Å². The Morgan fingerprint density at radius 3 is 2.18 bits per heavy atom. The summed E-state index contributed by atoms with van der Waals surface area (Å²) in [5.74, 6) is -0.409. The average Bonchev–Trinajstić information content (AvgIpc) is 3.87. The molecule has 0 aliphatic carbocycles. The summed E-state index contributed by atoms with van der Waals surface area (Å²) in [6, 6.07) is 17.7. The largest absolute Gasteiger partial charge is 0.491 e. The van der Waals surface area contributed by atoms with Gasteiger partial charge in [0.25, 0.3) is 11.8 Å². The highest BCUT2D eigenvalue weighted by molar-refractivity contribution is 7.15. The van der Waals surface area contributed by atoms with Crippen LogP contribution in [-0.2, 0) is 28.6 Å². The van der Waals surface area contributed by atoms with Crippen LogP contribution < -0.4 is 20.1 Å². The fourth-order valence-electron chi connectivity index (χ4n) is 7.73. The lowest BCUT2D eigenvalue weighted by molar-refractivity contribution is -0.136. The van der Waals surface area contributed by atoms with E-state index in [1.54, 1.807) is 47.7 Å². The predicted octanol–water partition coefficient (Wildman–Crippen LogP) is 5.74. The second-order valence-corrected chi connectivity index (χ2v) is 17.0. The number of aryl methyl sites for hydroxylation is 2. The van der Waals surface area contributed by atoms with Crippen LogP contribution in [0.25, 0.3) is 5.00 Å². The molecular formula is C46H46ClN7O10S. The van der Waals surface area contributed by atoms with E-state index in [9.17, 15) is 24.0 Å². The lowest BCUT2D eigenvalue weighted by Gasteiger charge is -2.27. The lowest BCUT2D eigenvalue weighted by atomic mass is 9.99. The standard InChI is InChI=1S/C46H46ClN7O10S/c1-26-27(2)65-46-39(26)41(29-7-9-30(47)10-8-29)49-34(42-52-51-28(3)53(42)46)25-38(56)48-31-11-13-32(14-12-31)63-23-21-61-19-17-60-18-20-62-22-24-64-36-6-4-5-33-40(36)45(59)54(44(33)58)35-15-16-37(55)50-43(35)57/h4-14,34-35H,15-25H2,1-3H3,(H,48,56)(H,50,55,57)/t34-,35?/m0/s1. The summed E-state index contributed by atoms with van der Waals surface area (Å²) in [4.78, 5) is 70.9. The molecule has 2 N–H and O–H groups in total. The first-order valence-corrected chi connectivity index (χ1v) is 22.3. The number of amides is 5. The second-order valence-electron chi connectivity index (χ2n) is 15.3. The number of fused-ring (bicyclic) bond motifs is 4. The number of ether oxygens (including phenoxy) is 5. The third-order valence-corrected chi connectivity index (χ3v) is 12.5. The first-order chi connectivity index (χ1) is 31.5. The van der Waals surface area contributed by atoms with Crippen LogP contribution in [0.15, 0.2) is 71.7 Å². The average molecular weight is 924 g/mol. The number of thiophene rings is 1. The summed E-state index contributed by atoms with van der Waals surface area (Å²) in [7, 11) is 0. The monoisotopic (exact) mass is 923 g/mol. The summed E-state index contributed by atoms with van der Waals surface area (Å²) < 4.78 is 30.4. The highest BCUT2D eigenvalue weighted by Crippen LogP contribution is 2.40. The third kappa shape index (κ3) is 10.0. The summed E-state index contributed by atoms with van der Waals surface area (Å²) in [6.45, 7) is 8.38. The summed E-state index contributed by atoms with van der Waals surface area (Å²) in [5, 5.41) is 15.6. The zero-order valence-corrected chi connectivity index (χ0v) is 37.5. The fourth-order valence-corrected chi connectivity index (χ4v) is 9.07. The Hall–Kier alpha value is -6.31. The maximum atomic E-state index is 13.5. The van der Waals surface area contributed by atoms with Gasteiger partial charge in [-0.2, -0.15) is 0 Å². The van der Waals surface area contributed by atoms with Crippen LogP contribution in [0.2, 0.25) is 5.02 Å². The molecule has 3 aliphatic rings. The number of carbonyl (C=O) groups excluding carboxylic acids is 5. The molecule has 0 saturated carbocycles. The van der Waals surface area contributed by atoms with Gasteiger partial charge in [-0.1, -0.05) is 29.8 Å². The number of nitrogens with one attached hydrogen (secondary N) is 2. The molecule has 338 valence electrons. The SMILES string of the molecule is Cc1sc2c(c1C)C(c1ccc(Cl)cc1)=N[C@@H](CC(=O)Nc1ccc(OCCOCCOCCOCCOc3cccc4c3C(=O)N(C3CCC(=O)NC3=O)C4=O)cc1)c1nnc(C)n1-2. The number of carbonyl (C=O) groups is 5. The topological polar surface area (TPSA) is 202 Å². The molecule has 17 nitrogen and oxygen atoms in total. The fraction of sp³-hybridized carbons (Fsp3) is 0.348. The Labute approximate surface area is 383 Å². The molecule has 5 heterocycles. The molecular weight excluding hydrogens is 878 g/mol. The van der Waals surface area contributed by atoms with Crippen LogP contribution in [0, 0.1) is 20.8 Å². The molecule has 65 heavy (non-hydrogen) atoms. The van der Waals surface area contributed by atoms with E-state index >= 15 is 0 Å². The van der Waals surface area contributed by atoms with E-state index in [1.807, 2.05) is 35.8 Å². The molecule has 1 saturated heterocycles. The number of hydrogen-bond acceptors (Lipinski definition) is 14.